The van der Waals surface area contributed by atoms with E-state index in [1.807, 2.05) is 47.4 Å². The molecular formula is C23H22ClN3O3. The van der Waals surface area contributed by atoms with Gasteiger partial charge in [0, 0.05) is 36.8 Å². The molecule has 1 aromatic heterocycles. The molecule has 0 radical (unpaired) electrons. The van der Waals surface area contributed by atoms with Crippen molar-refractivity contribution in [1.82, 2.24) is 14.8 Å². The third-order valence-electron chi connectivity index (χ3n) is 5.16. The molecule has 2 aromatic carbocycles. The Bertz CT molecular complexity index is 1010. The standard InChI is InChI=1S/C23H22ClN3O3/c24-19-8-6-17(7-9-19)14-21(28)26-10-12-27(13-11-26)22(29)15-20-16-30-23(25-20)18-4-2-1-3-5-18/h1-9,16H,10-15H2. The molecule has 0 aliphatic carbocycles. The number of halogens is 1. The lowest BCUT2D eigenvalue weighted by Gasteiger charge is -2.34. The largest absolute Gasteiger partial charge is 0.444 e. The molecule has 0 saturated carbocycles. The predicted molar refractivity (Wildman–Crippen MR) is 114 cm³/mol. The highest BCUT2D eigenvalue weighted by Gasteiger charge is 2.25. The molecule has 30 heavy (non-hydrogen) atoms. The van der Waals surface area contributed by atoms with Crippen molar-refractivity contribution in [3.63, 3.8) is 0 Å². The van der Waals surface area contributed by atoms with E-state index < -0.39 is 0 Å². The van der Waals surface area contributed by atoms with Gasteiger partial charge in [-0.1, -0.05) is 41.9 Å². The summed E-state index contributed by atoms with van der Waals surface area (Å²) in [6.45, 7) is 2.11. The first-order valence-corrected chi connectivity index (χ1v) is 10.3. The van der Waals surface area contributed by atoms with Crippen LogP contribution in [0.25, 0.3) is 11.5 Å². The summed E-state index contributed by atoms with van der Waals surface area (Å²) in [5.41, 5.74) is 2.42. The topological polar surface area (TPSA) is 66.7 Å². The van der Waals surface area contributed by atoms with Gasteiger partial charge in [-0.2, -0.15) is 0 Å². The molecule has 6 nitrogen and oxygen atoms in total. The van der Waals surface area contributed by atoms with E-state index in [9.17, 15) is 9.59 Å². The number of aromatic nitrogens is 1. The third kappa shape index (κ3) is 4.89. The Morgan fingerprint density at radius 3 is 2.10 bits per heavy atom. The lowest BCUT2D eigenvalue weighted by molar-refractivity contribution is -0.138. The number of piperazine rings is 1. The van der Waals surface area contributed by atoms with E-state index in [-0.39, 0.29) is 18.2 Å². The molecule has 0 spiro atoms. The van der Waals surface area contributed by atoms with Gasteiger partial charge in [-0.15, -0.1) is 0 Å². The van der Waals surface area contributed by atoms with Crippen LogP contribution in [0.1, 0.15) is 11.3 Å². The van der Waals surface area contributed by atoms with Gasteiger partial charge in [0.1, 0.15) is 6.26 Å². The van der Waals surface area contributed by atoms with Crippen LogP contribution in [0.2, 0.25) is 5.02 Å². The molecule has 0 bridgehead atoms. The zero-order valence-electron chi connectivity index (χ0n) is 16.5. The van der Waals surface area contributed by atoms with E-state index >= 15 is 0 Å². The van der Waals surface area contributed by atoms with Gasteiger partial charge in [0.2, 0.25) is 17.7 Å². The maximum atomic E-state index is 12.6. The van der Waals surface area contributed by atoms with Crippen molar-refractivity contribution in [3.8, 4) is 11.5 Å². The Balaban J connectivity index is 1.27. The van der Waals surface area contributed by atoms with Crippen molar-refractivity contribution in [2.75, 3.05) is 26.2 Å². The van der Waals surface area contributed by atoms with E-state index in [0.717, 1.165) is 11.1 Å². The van der Waals surface area contributed by atoms with Crippen molar-refractivity contribution in [2.45, 2.75) is 12.8 Å². The molecule has 1 aliphatic heterocycles. The summed E-state index contributed by atoms with van der Waals surface area (Å²) in [6, 6.07) is 16.9. The van der Waals surface area contributed by atoms with Crippen LogP contribution >= 0.6 is 11.6 Å². The number of amides is 2. The molecule has 2 amide bonds. The predicted octanol–water partition coefficient (Wildman–Crippen LogP) is 3.45. The Hall–Kier alpha value is -3.12. The summed E-state index contributed by atoms with van der Waals surface area (Å²) in [6.07, 6.45) is 2.06. The molecule has 2 heterocycles. The first-order chi connectivity index (χ1) is 14.6. The number of oxazole rings is 1. The molecule has 3 aromatic rings. The van der Waals surface area contributed by atoms with Crippen LogP contribution in [0.4, 0.5) is 0 Å². The molecule has 0 atom stereocenters. The Labute approximate surface area is 180 Å². The number of carbonyl (C=O) groups is 2. The fourth-order valence-corrected chi connectivity index (χ4v) is 3.59. The van der Waals surface area contributed by atoms with E-state index in [2.05, 4.69) is 4.98 Å². The Morgan fingerprint density at radius 2 is 1.47 bits per heavy atom. The van der Waals surface area contributed by atoms with Crippen molar-refractivity contribution >= 4 is 23.4 Å². The van der Waals surface area contributed by atoms with Crippen LogP contribution in [-0.4, -0.2) is 52.8 Å². The monoisotopic (exact) mass is 423 g/mol. The average molecular weight is 424 g/mol. The Morgan fingerprint density at radius 1 is 0.867 bits per heavy atom. The van der Waals surface area contributed by atoms with Crippen LogP contribution in [0, 0.1) is 0 Å². The summed E-state index contributed by atoms with van der Waals surface area (Å²) < 4.78 is 5.51. The second-order valence-electron chi connectivity index (χ2n) is 7.25. The number of rotatable bonds is 5. The minimum atomic E-state index is -0.00675. The fraction of sp³-hybridized carbons (Fsp3) is 0.261. The maximum Gasteiger partial charge on any atom is 0.228 e. The lowest BCUT2D eigenvalue weighted by atomic mass is 10.1. The highest BCUT2D eigenvalue weighted by molar-refractivity contribution is 6.30. The third-order valence-corrected chi connectivity index (χ3v) is 5.41. The van der Waals surface area contributed by atoms with Gasteiger partial charge >= 0.3 is 0 Å². The summed E-state index contributed by atoms with van der Waals surface area (Å²) in [5, 5.41) is 0.654. The van der Waals surface area contributed by atoms with E-state index in [1.54, 1.807) is 17.0 Å². The first kappa shape index (κ1) is 20.2. The Kier molecular flexibility index (Phi) is 6.14. The summed E-state index contributed by atoms with van der Waals surface area (Å²) in [7, 11) is 0. The number of benzene rings is 2. The molecule has 7 heteroatoms. The van der Waals surface area contributed by atoms with Gasteiger partial charge in [-0.3, -0.25) is 9.59 Å². The smallest absolute Gasteiger partial charge is 0.228 e. The van der Waals surface area contributed by atoms with Gasteiger partial charge in [0.15, 0.2) is 0 Å². The minimum absolute atomic E-state index is 0.00675. The van der Waals surface area contributed by atoms with Crippen LogP contribution in [0.3, 0.4) is 0 Å². The number of hydrogen-bond acceptors (Lipinski definition) is 4. The minimum Gasteiger partial charge on any atom is -0.444 e. The van der Waals surface area contributed by atoms with Gasteiger partial charge in [-0.25, -0.2) is 4.98 Å². The molecular weight excluding hydrogens is 402 g/mol. The van der Waals surface area contributed by atoms with E-state index in [1.165, 1.54) is 6.26 Å². The molecule has 154 valence electrons. The lowest BCUT2D eigenvalue weighted by Crippen LogP contribution is -2.51. The fourth-order valence-electron chi connectivity index (χ4n) is 3.46. The van der Waals surface area contributed by atoms with Crippen LogP contribution in [-0.2, 0) is 22.4 Å². The summed E-state index contributed by atoms with van der Waals surface area (Å²) in [5.74, 6) is 0.567. The number of nitrogens with zero attached hydrogens (tertiary/aromatic N) is 3. The van der Waals surface area contributed by atoms with Gasteiger partial charge < -0.3 is 14.2 Å². The molecule has 0 N–H and O–H groups in total. The van der Waals surface area contributed by atoms with Crippen molar-refractivity contribution in [1.29, 1.82) is 0 Å². The van der Waals surface area contributed by atoms with Crippen molar-refractivity contribution < 1.29 is 14.0 Å². The van der Waals surface area contributed by atoms with Crippen LogP contribution in [0.15, 0.2) is 65.3 Å². The van der Waals surface area contributed by atoms with E-state index in [4.69, 9.17) is 16.0 Å². The molecule has 0 unspecified atom stereocenters. The second kappa shape index (κ2) is 9.13. The maximum absolute atomic E-state index is 12.6. The zero-order chi connectivity index (χ0) is 20.9. The summed E-state index contributed by atoms with van der Waals surface area (Å²) in [4.78, 5) is 33.2. The van der Waals surface area contributed by atoms with Crippen molar-refractivity contribution in [3.05, 3.63) is 77.1 Å². The highest BCUT2D eigenvalue weighted by atomic mass is 35.5. The quantitative estimate of drug-likeness (QED) is 0.630. The molecule has 1 saturated heterocycles. The SMILES string of the molecule is O=C(Cc1ccc(Cl)cc1)N1CCN(C(=O)Cc2coc(-c3ccccc3)n2)CC1. The van der Waals surface area contributed by atoms with Crippen molar-refractivity contribution in [2.24, 2.45) is 0 Å². The number of hydrogen-bond donors (Lipinski definition) is 0. The normalized spacial score (nSPS) is 14.0. The van der Waals surface area contributed by atoms with Gasteiger partial charge in [-0.05, 0) is 29.8 Å². The first-order valence-electron chi connectivity index (χ1n) is 9.88. The second-order valence-corrected chi connectivity index (χ2v) is 7.69. The molecule has 1 aliphatic rings. The van der Waals surface area contributed by atoms with Gasteiger partial charge in [0.05, 0.1) is 18.5 Å². The highest BCUT2D eigenvalue weighted by Crippen LogP contribution is 2.19. The van der Waals surface area contributed by atoms with Crippen LogP contribution < -0.4 is 0 Å². The van der Waals surface area contributed by atoms with Crippen LogP contribution in [0.5, 0.6) is 0 Å². The molecule has 4 rings (SSSR count). The zero-order valence-corrected chi connectivity index (χ0v) is 17.2. The average Bonchev–Trinajstić information content (AvgIpc) is 3.24. The van der Waals surface area contributed by atoms with E-state index in [0.29, 0.717) is 49.2 Å². The molecule has 1 fully saturated rings. The number of carbonyl (C=O) groups excluding carboxylic acids is 2. The summed E-state index contributed by atoms with van der Waals surface area (Å²) >= 11 is 5.89. The van der Waals surface area contributed by atoms with Gasteiger partial charge in [0.25, 0.3) is 0 Å².